The first-order valence-corrected chi connectivity index (χ1v) is 9.34. The largest absolute Gasteiger partial charge is 0.465 e. The van der Waals surface area contributed by atoms with Gasteiger partial charge in [-0.25, -0.2) is 9.78 Å². The van der Waals surface area contributed by atoms with Crippen LogP contribution in [0.3, 0.4) is 0 Å². The van der Waals surface area contributed by atoms with Gasteiger partial charge in [0.1, 0.15) is 9.83 Å². The van der Waals surface area contributed by atoms with Crippen molar-refractivity contribution in [2.75, 3.05) is 12.4 Å². The molecule has 26 heavy (non-hydrogen) atoms. The number of aromatic nitrogens is 2. The molecule has 3 heterocycles. The number of carbonyl (C=O) groups is 2. The third kappa shape index (κ3) is 2.82. The molecule has 0 aromatic carbocycles. The summed E-state index contributed by atoms with van der Waals surface area (Å²) in [5.41, 5.74) is 1.53. The van der Waals surface area contributed by atoms with Gasteiger partial charge in [0.05, 0.1) is 29.3 Å². The van der Waals surface area contributed by atoms with Crippen LogP contribution >= 0.6 is 22.7 Å². The molecule has 0 radical (unpaired) electrons. The van der Waals surface area contributed by atoms with E-state index in [1.807, 2.05) is 13.8 Å². The topological polar surface area (TPSA) is 90.3 Å². The number of amides is 1. The van der Waals surface area contributed by atoms with Crippen LogP contribution in [0.4, 0.5) is 5.00 Å². The first kappa shape index (κ1) is 18.3. The molecule has 9 heteroatoms. The Morgan fingerprint density at radius 3 is 2.54 bits per heavy atom. The zero-order chi connectivity index (χ0) is 19.2. The van der Waals surface area contributed by atoms with Crippen LogP contribution in [-0.4, -0.2) is 28.5 Å². The second-order valence-corrected chi connectivity index (χ2v) is 8.05. The van der Waals surface area contributed by atoms with Crippen molar-refractivity contribution >= 4 is 49.8 Å². The van der Waals surface area contributed by atoms with Crippen LogP contribution in [-0.2, 0) is 11.8 Å². The van der Waals surface area contributed by atoms with Crippen molar-refractivity contribution in [3.63, 3.8) is 0 Å². The molecule has 3 aromatic heterocycles. The first-order chi connectivity index (χ1) is 12.3. The van der Waals surface area contributed by atoms with Crippen molar-refractivity contribution in [2.45, 2.75) is 20.8 Å². The molecular formula is C17H17N3O4S2. The van der Waals surface area contributed by atoms with Crippen molar-refractivity contribution in [2.24, 2.45) is 7.05 Å². The summed E-state index contributed by atoms with van der Waals surface area (Å²) < 4.78 is 6.20. The normalized spacial score (nSPS) is 11.0. The number of aryl methyl sites for hydroxylation is 3. The van der Waals surface area contributed by atoms with Crippen LogP contribution in [0, 0.1) is 20.8 Å². The van der Waals surface area contributed by atoms with E-state index in [1.54, 1.807) is 14.0 Å². The number of nitrogens with one attached hydrogen (secondary N) is 1. The lowest BCUT2D eigenvalue weighted by Gasteiger charge is -2.05. The highest BCUT2D eigenvalue weighted by atomic mass is 32.1. The zero-order valence-corrected chi connectivity index (χ0v) is 16.6. The third-order valence-electron chi connectivity index (χ3n) is 4.22. The fourth-order valence-electron chi connectivity index (χ4n) is 2.65. The number of nitrogens with zero attached hydrogens (tertiary/aromatic N) is 2. The summed E-state index contributed by atoms with van der Waals surface area (Å²) in [6, 6.07) is 0. The van der Waals surface area contributed by atoms with Crippen LogP contribution in [0.25, 0.3) is 10.2 Å². The SMILES string of the molecule is COC(=O)c1c(NC(=O)c2sc3ncn(C)c(=O)c3c2C)sc(C)c1C. The van der Waals surface area contributed by atoms with E-state index in [-0.39, 0.29) is 11.5 Å². The van der Waals surface area contributed by atoms with E-state index in [0.29, 0.717) is 31.2 Å². The van der Waals surface area contributed by atoms with Crippen LogP contribution in [0.1, 0.15) is 36.0 Å². The lowest BCUT2D eigenvalue weighted by Crippen LogP contribution is -2.17. The Morgan fingerprint density at radius 2 is 1.88 bits per heavy atom. The Morgan fingerprint density at radius 1 is 1.19 bits per heavy atom. The van der Waals surface area contributed by atoms with E-state index < -0.39 is 5.97 Å². The van der Waals surface area contributed by atoms with Gasteiger partial charge in [0.15, 0.2) is 0 Å². The molecule has 3 rings (SSSR count). The van der Waals surface area contributed by atoms with Crippen molar-refractivity contribution in [3.05, 3.63) is 43.1 Å². The molecular weight excluding hydrogens is 374 g/mol. The van der Waals surface area contributed by atoms with Crippen molar-refractivity contribution in [3.8, 4) is 0 Å². The highest BCUT2D eigenvalue weighted by molar-refractivity contribution is 7.21. The highest BCUT2D eigenvalue weighted by Gasteiger charge is 2.24. The van der Waals surface area contributed by atoms with Crippen LogP contribution in [0.5, 0.6) is 0 Å². The standard InChI is InChI=1S/C17H17N3O4S2/c1-7-9(3)25-15(11(7)17(23)24-5)19-13(21)12-8(2)10-14(26-12)18-6-20(4)16(10)22/h6H,1-5H3,(H,19,21). The number of carbonyl (C=O) groups excluding carboxylic acids is 2. The Kier molecular flexibility index (Phi) is 4.68. The Hall–Kier alpha value is -2.52. The minimum Gasteiger partial charge on any atom is -0.465 e. The van der Waals surface area contributed by atoms with Crippen LogP contribution in [0.15, 0.2) is 11.1 Å². The molecule has 0 saturated carbocycles. The molecule has 136 valence electrons. The fourth-order valence-corrected chi connectivity index (χ4v) is 4.73. The fraction of sp³-hybridized carbons (Fsp3) is 0.294. The summed E-state index contributed by atoms with van der Waals surface area (Å²) in [5.74, 6) is -0.871. The van der Waals surface area contributed by atoms with Crippen molar-refractivity contribution < 1.29 is 14.3 Å². The van der Waals surface area contributed by atoms with E-state index in [9.17, 15) is 14.4 Å². The molecule has 0 aliphatic heterocycles. The number of esters is 1. The summed E-state index contributed by atoms with van der Waals surface area (Å²) in [6.07, 6.45) is 1.43. The number of hydrogen-bond donors (Lipinski definition) is 1. The smallest absolute Gasteiger partial charge is 0.341 e. The van der Waals surface area contributed by atoms with Crippen molar-refractivity contribution in [1.29, 1.82) is 0 Å². The number of rotatable bonds is 3. The first-order valence-electron chi connectivity index (χ1n) is 7.70. The molecule has 0 saturated heterocycles. The van der Waals surface area contributed by atoms with Gasteiger partial charge in [-0.3, -0.25) is 9.59 Å². The van der Waals surface area contributed by atoms with Gasteiger partial charge in [-0.1, -0.05) is 0 Å². The number of fused-ring (bicyclic) bond motifs is 1. The zero-order valence-electron chi connectivity index (χ0n) is 14.9. The van der Waals surface area contributed by atoms with Gasteiger partial charge in [0, 0.05) is 11.9 Å². The molecule has 0 aliphatic rings. The number of anilines is 1. The summed E-state index contributed by atoms with van der Waals surface area (Å²) in [6.45, 7) is 5.41. The monoisotopic (exact) mass is 391 g/mol. The van der Waals surface area contributed by atoms with Gasteiger partial charge in [-0.05, 0) is 31.9 Å². The molecule has 0 fully saturated rings. The van der Waals surface area contributed by atoms with Gasteiger partial charge in [-0.15, -0.1) is 22.7 Å². The summed E-state index contributed by atoms with van der Waals surface area (Å²) in [4.78, 5) is 43.2. The van der Waals surface area contributed by atoms with Gasteiger partial charge in [0.2, 0.25) is 0 Å². The number of hydrogen-bond acceptors (Lipinski definition) is 7. The van der Waals surface area contributed by atoms with Crippen LogP contribution in [0.2, 0.25) is 0 Å². The van der Waals surface area contributed by atoms with Gasteiger partial charge < -0.3 is 14.6 Å². The highest BCUT2D eigenvalue weighted by Crippen LogP contribution is 2.34. The Balaban J connectivity index is 2.05. The predicted molar refractivity (Wildman–Crippen MR) is 103 cm³/mol. The average molecular weight is 391 g/mol. The Bertz CT molecular complexity index is 1110. The van der Waals surface area contributed by atoms with E-state index in [0.717, 1.165) is 21.8 Å². The lowest BCUT2D eigenvalue weighted by atomic mass is 10.1. The van der Waals surface area contributed by atoms with Gasteiger partial charge in [0.25, 0.3) is 11.5 Å². The molecule has 0 bridgehead atoms. The maximum atomic E-state index is 12.8. The van der Waals surface area contributed by atoms with E-state index >= 15 is 0 Å². The molecule has 7 nitrogen and oxygen atoms in total. The molecule has 1 N–H and O–H groups in total. The number of ether oxygens (including phenoxy) is 1. The van der Waals surface area contributed by atoms with Gasteiger partial charge in [-0.2, -0.15) is 0 Å². The maximum absolute atomic E-state index is 12.8. The third-order valence-corrected chi connectivity index (χ3v) is 6.54. The minimum atomic E-state index is -0.495. The van der Waals surface area contributed by atoms with Crippen molar-refractivity contribution in [1.82, 2.24) is 9.55 Å². The predicted octanol–water partition coefficient (Wildman–Crippen LogP) is 3.02. The number of methoxy groups -OCH3 is 1. The lowest BCUT2D eigenvalue weighted by molar-refractivity contribution is 0.0601. The molecule has 1 amide bonds. The van der Waals surface area contributed by atoms with Crippen LogP contribution < -0.4 is 10.9 Å². The molecule has 0 atom stereocenters. The average Bonchev–Trinajstić information content (AvgIpc) is 3.08. The van der Waals surface area contributed by atoms with E-state index in [4.69, 9.17) is 4.74 Å². The second-order valence-electron chi connectivity index (χ2n) is 5.83. The molecule has 3 aromatic rings. The molecule has 0 spiro atoms. The number of thiophene rings is 2. The summed E-state index contributed by atoms with van der Waals surface area (Å²) in [5, 5.41) is 3.67. The van der Waals surface area contributed by atoms with E-state index in [2.05, 4.69) is 10.3 Å². The second kappa shape index (κ2) is 6.65. The maximum Gasteiger partial charge on any atom is 0.341 e. The van der Waals surface area contributed by atoms with E-state index in [1.165, 1.54) is 29.3 Å². The Labute approximate surface area is 157 Å². The molecule has 0 unspecified atom stereocenters. The van der Waals surface area contributed by atoms with Gasteiger partial charge >= 0.3 is 5.97 Å². The summed E-state index contributed by atoms with van der Waals surface area (Å²) >= 11 is 2.47. The minimum absolute atomic E-state index is 0.194. The molecule has 0 aliphatic carbocycles. The quantitative estimate of drug-likeness (QED) is 0.693. The summed E-state index contributed by atoms with van der Waals surface area (Å²) in [7, 11) is 2.92.